The smallest absolute Gasteiger partial charge is 0.259 e. The minimum absolute atomic E-state index is 0.165. The molecule has 1 atom stereocenters. The van der Waals surface area contributed by atoms with E-state index < -0.39 is 11.6 Å². The van der Waals surface area contributed by atoms with Gasteiger partial charge in [0.15, 0.2) is 0 Å². The summed E-state index contributed by atoms with van der Waals surface area (Å²) in [6.07, 6.45) is 2.10. The van der Waals surface area contributed by atoms with Gasteiger partial charge in [0, 0.05) is 24.2 Å². The van der Waals surface area contributed by atoms with Crippen molar-refractivity contribution in [3.05, 3.63) is 105 Å². The Balaban J connectivity index is 1.56. The maximum absolute atomic E-state index is 12.9. The lowest BCUT2D eigenvalue weighted by Crippen LogP contribution is -2.54. The van der Waals surface area contributed by atoms with Crippen LogP contribution in [-0.4, -0.2) is 22.1 Å². The summed E-state index contributed by atoms with van der Waals surface area (Å²) in [5.41, 5.74) is 14.9. The van der Waals surface area contributed by atoms with Crippen molar-refractivity contribution in [2.24, 2.45) is 5.73 Å². The summed E-state index contributed by atoms with van der Waals surface area (Å²) in [6.45, 7) is 0.384. The Bertz CT molecular complexity index is 1400. The molecule has 1 amide bonds. The molecule has 5 rings (SSSR count). The lowest BCUT2D eigenvalue weighted by Gasteiger charge is -2.32. The van der Waals surface area contributed by atoms with E-state index in [9.17, 15) is 14.7 Å². The van der Waals surface area contributed by atoms with E-state index >= 15 is 0 Å². The van der Waals surface area contributed by atoms with Crippen LogP contribution in [0, 0.1) is 0 Å². The van der Waals surface area contributed by atoms with E-state index in [1.165, 1.54) is 17.4 Å². The van der Waals surface area contributed by atoms with Crippen LogP contribution in [0.3, 0.4) is 0 Å². The van der Waals surface area contributed by atoms with Crippen molar-refractivity contribution < 1.29 is 9.90 Å². The van der Waals surface area contributed by atoms with Gasteiger partial charge in [0.25, 0.3) is 11.5 Å². The fourth-order valence-corrected chi connectivity index (χ4v) is 5.09. The van der Waals surface area contributed by atoms with Gasteiger partial charge in [-0.2, -0.15) is 5.43 Å². The number of hydrazine groups is 2. The SMILES string of the molecule is NC(=O)c1sccc1CC1(n2ccccc2=O)CNN(c2ccccc2-c2ccc(O)cc2)N1. The first-order chi connectivity index (χ1) is 16.5. The molecular weight excluding hydrogens is 450 g/mol. The molecule has 1 fully saturated rings. The van der Waals surface area contributed by atoms with Crippen LogP contribution in [0.5, 0.6) is 5.75 Å². The molecule has 2 aromatic heterocycles. The highest BCUT2D eigenvalue weighted by Gasteiger charge is 2.41. The topological polar surface area (TPSA) is 113 Å². The predicted octanol–water partition coefficient (Wildman–Crippen LogP) is 2.81. The molecule has 1 aliphatic heterocycles. The minimum Gasteiger partial charge on any atom is -0.508 e. The van der Waals surface area contributed by atoms with Gasteiger partial charge in [-0.3, -0.25) is 14.2 Å². The standard InChI is InChI=1S/C25H23N5O3S/c26-24(33)23-18(12-14-34-23)15-25(29-13-4-3-7-22(29)32)16-27-30(28-25)21-6-2-1-5-20(21)17-8-10-19(31)11-9-17/h1-14,27-28,31H,15-16H2,(H2,26,33). The summed E-state index contributed by atoms with van der Waals surface area (Å²) in [6, 6.07) is 21.7. The number of carbonyl (C=O) groups is 1. The number of primary amides is 1. The van der Waals surface area contributed by atoms with Crippen LogP contribution >= 0.6 is 11.3 Å². The molecule has 5 N–H and O–H groups in total. The minimum atomic E-state index is -0.883. The largest absolute Gasteiger partial charge is 0.508 e. The first-order valence-electron chi connectivity index (χ1n) is 10.7. The number of amides is 1. The Labute approximate surface area is 199 Å². The molecule has 8 nitrogen and oxygen atoms in total. The first-order valence-corrected chi connectivity index (χ1v) is 11.6. The first kappa shape index (κ1) is 21.9. The van der Waals surface area contributed by atoms with Gasteiger partial charge in [0.2, 0.25) is 0 Å². The molecule has 4 aromatic rings. The third kappa shape index (κ3) is 3.96. The summed E-state index contributed by atoms with van der Waals surface area (Å²) in [5.74, 6) is -0.289. The van der Waals surface area contributed by atoms with Crippen molar-refractivity contribution in [2.45, 2.75) is 12.1 Å². The molecule has 1 saturated heterocycles. The molecular formula is C25H23N5O3S. The third-order valence-electron chi connectivity index (χ3n) is 5.91. The van der Waals surface area contributed by atoms with Crippen LogP contribution < -0.4 is 27.3 Å². The van der Waals surface area contributed by atoms with E-state index in [0.29, 0.717) is 17.8 Å². The van der Waals surface area contributed by atoms with Gasteiger partial charge in [-0.15, -0.1) is 11.3 Å². The number of thiophene rings is 1. The molecule has 0 spiro atoms. The van der Waals surface area contributed by atoms with Gasteiger partial charge in [-0.05, 0) is 46.8 Å². The Morgan fingerprint density at radius 1 is 1.06 bits per heavy atom. The van der Waals surface area contributed by atoms with Crippen LogP contribution in [0.4, 0.5) is 5.69 Å². The monoisotopic (exact) mass is 473 g/mol. The number of phenols is 1. The van der Waals surface area contributed by atoms with Crippen molar-refractivity contribution in [3.63, 3.8) is 0 Å². The number of anilines is 1. The highest BCUT2D eigenvalue weighted by Crippen LogP contribution is 2.34. The molecule has 0 aliphatic carbocycles. The summed E-state index contributed by atoms with van der Waals surface area (Å²) in [7, 11) is 0. The van der Waals surface area contributed by atoms with Crippen molar-refractivity contribution >= 4 is 22.9 Å². The van der Waals surface area contributed by atoms with E-state index in [2.05, 4.69) is 10.9 Å². The second-order valence-corrected chi connectivity index (χ2v) is 9.02. The molecule has 3 heterocycles. The fraction of sp³-hybridized carbons (Fsp3) is 0.120. The van der Waals surface area contributed by atoms with Crippen LogP contribution in [-0.2, 0) is 12.1 Å². The number of hydrogen-bond donors (Lipinski definition) is 4. The third-order valence-corrected chi connectivity index (χ3v) is 6.88. The van der Waals surface area contributed by atoms with Crippen molar-refractivity contribution in [2.75, 3.05) is 11.7 Å². The molecule has 34 heavy (non-hydrogen) atoms. The van der Waals surface area contributed by atoms with Crippen molar-refractivity contribution in [1.82, 2.24) is 15.4 Å². The highest BCUT2D eigenvalue weighted by molar-refractivity contribution is 7.12. The second kappa shape index (κ2) is 8.79. The molecule has 1 unspecified atom stereocenters. The highest BCUT2D eigenvalue weighted by atomic mass is 32.1. The zero-order valence-electron chi connectivity index (χ0n) is 18.1. The summed E-state index contributed by atoms with van der Waals surface area (Å²) in [5, 5.41) is 13.3. The molecule has 172 valence electrons. The second-order valence-electron chi connectivity index (χ2n) is 8.10. The van der Waals surface area contributed by atoms with E-state index in [-0.39, 0.29) is 11.3 Å². The molecule has 0 bridgehead atoms. The van der Waals surface area contributed by atoms with Gasteiger partial charge in [-0.25, -0.2) is 10.5 Å². The van der Waals surface area contributed by atoms with Gasteiger partial charge < -0.3 is 10.8 Å². The lowest BCUT2D eigenvalue weighted by molar-refractivity contribution is 0.100. The number of para-hydroxylation sites is 1. The van der Waals surface area contributed by atoms with Crippen LogP contribution in [0.25, 0.3) is 11.1 Å². The summed E-state index contributed by atoms with van der Waals surface area (Å²) >= 11 is 1.29. The van der Waals surface area contributed by atoms with Crippen LogP contribution in [0.1, 0.15) is 15.2 Å². The Hall–Kier alpha value is -3.92. The number of pyridine rings is 1. The number of benzene rings is 2. The van der Waals surface area contributed by atoms with Gasteiger partial charge in [0.05, 0.1) is 17.1 Å². The summed E-state index contributed by atoms with van der Waals surface area (Å²) < 4.78 is 1.64. The van der Waals surface area contributed by atoms with Crippen LogP contribution in [0.2, 0.25) is 0 Å². The van der Waals surface area contributed by atoms with Gasteiger partial charge in [-0.1, -0.05) is 36.4 Å². The molecule has 2 aromatic carbocycles. The number of hydrogen-bond acceptors (Lipinski definition) is 7. The number of aromatic hydroxyl groups is 1. The summed E-state index contributed by atoms with van der Waals surface area (Å²) in [4.78, 5) is 25.3. The van der Waals surface area contributed by atoms with E-state index in [0.717, 1.165) is 22.4 Å². The van der Waals surface area contributed by atoms with E-state index in [1.807, 2.05) is 47.8 Å². The molecule has 1 aliphatic rings. The number of phenolic OH excluding ortho intramolecular Hbond substituents is 1. The Kier molecular flexibility index (Phi) is 5.66. The molecule has 0 saturated carbocycles. The van der Waals surface area contributed by atoms with Crippen molar-refractivity contribution in [1.29, 1.82) is 0 Å². The lowest BCUT2D eigenvalue weighted by atomic mass is 10.00. The van der Waals surface area contributed by atoms with E-state index in [1.54, 1.807) is 40.1 Å². The van der Waals surface area contributed by atoms with Gasteiger partial charge in [0.1, 0.15) is 11.4 Å². The average molecular weight is 474 g/mol. The van der Waals surface area contributed by atoms with Gasteiger partial charge >= 0.3 is 0 Å². The molecule has 9 heteroatoms. The zero-order chi connectivity index (χ0) is 23.7. The quantitative estimate of drug-likeness (QED) is 0.343. The number of rotatable bonds is 6. The Morgan fingerprint density at radius 3 is 2.59 bits per heavy atom. The maximum atomic E-state index is 12.9. The number of nitrogens with zero attached hydrogens (tertiary/aromatic N) is 2. The molecule has 0 radical (unpaired) electrons. The predicted molar refractivity (Wildman–Crippen MR) is 132 cm³/mol. The zero-order valence-corrected chi connectivity index (χ0v) is 19.0. The van der Waals surface area contributed by atoms with Crippen molar-refractivity contribution in [3.8, 4) is 16.9 Å². The Morgan fingerprint density at radius 2 is 1.82 bits per heavy atom. The normalized spacial score (nSPS) is 17.7. The number of nitrogens with two attached hydrogens (primary N) is 1. The van der Waals surface area contributed by atoms with E-state index in [4.69, 9.17) is 5.73 Å². The number of nitrogens with one attached hydrogen (secondary N) is 2. The number of carbonyl (C=O) groups excluding carboxylic acids is 1. The number of aromatic nitrogens is 1. The van der Waals surface area contributed by atoms with Crippen LogP contribution in [0.15, 0.2) is 89.2 Å². The fourth-order valence-electron chi connectivity index (χ4n) is 4.31. The average Bonchev–Trinajstić information content (AvgIpc) is 3.48. The maximum Gasteiger partial charge on any atom is 0.259 e.